The fourth-order valence-corrected chi connectivity index (χ4v) is 1.59. The predicted molar refractivity (Wildman–Crippen MR) is 52.6 cm³/mol. The van der Waals surface area contributed by atoms with E-state index in [0.717, 1.165) is 0 Å². The molecule has 0 unspecified atom stereocenters. The first-order valence-corrected chi connectivity index (χ1v) is 4.55. The molecular weight excluding hydrogens is 286 g/mol. The Hall–Kier alpha value is 0.913. The Kier molecular flexibility index (Phi) is 8.67. The van der Waals surface area contributed by atoms with Crippen LogP contribution in [0.15, 0.2) is 36.4 Å². The number of carbonyl (C=O) groups excluding carboxylic acids is 2. The average Bonchev–Trinajstić information content (AvgIpc) is 2.27. The average molecular weight is 292 g/mol. The maximum absolute atomic E-state index is 10.8. The molecule has 0 radical (unpaired) electrons. The maximum atomic E-state index is 10.8. The first-order chi connectivity index (χ1) is 7.59. The monoisotopic (exact) mass is 292 g/mol. The van der Waals surface area contributed by atoms with Crippen LogP contribution in [0.25, 0.3) is 10.8 Å². The van der Waals surface area contributed by atoms with Gasteiger partial charge >= 0.3 is 103 Å². The van der Waals surface area contributed by atoms with Crippen LogP contribution in [0.4, 0.5) is 0 Å². The van der Waals surface area contributed by atoms with Crippen molar-refractivity contribution >= 4 is 22.7 Å². The minimum Gasteiger partial charge on any atom is -0.545 e. The molecule has 80 valence electrons. The van der Waals surface area contributed by atoms with Gasteiger partial charge in [-0.15, -0.1) is 0 Å². The van der Waals surface area contributed by atoms with E-state index >= 15 is 0 Å². The van der Waals surface area contributed by atoms with Crippen molar-refractivity contribution in [2.24, 2.45) is 0 Å². The SMILES string of the molecule is O=C([O-])c1ccc2c(C(=O)[O-])cccc2c1.[K+].[K+]. The van der Waals surface area contributed by atoms with Gasteiger partial charge in [0.25, 0.3) is 0 Å². The van der Waals surface area contributed by atoms with E-state index in [2.05, 4.69) is 0 Å². The molecule has 2 aromatic rings. The number of carbonyl (C=O) groups is 2. The van der Waals surface area contributed by atoms with Gasteiger partial charge in [-0.05, 0) is 22.4 Å². The molecule has 2 aromatic carbocycles. The molecule has 4 nitrogen and oxygen atoms in total. The summed E-state index contributed by atoms with van der Waals surface area (Å²) in [6.07, 6.45) is 0. The molecule has 0 spiro atoms. The summed E-state index contributed by atoms with van der Waals surface area (Å²) < 4.78 is 0. The first-order valence-electron chi connectivity index (χ1n) is 4.55. The second-order valence-corrected chi connectivity index (χ2v) is 3.32. The maximum Gasteiger partial charge on any atom is 1.00 e. The molecular formula is C12H6K2O4. The molecule has 0 fully saturated rings. The Bertz CT molecular complexity index is 596. The van der Waals surface area contributed by atoms with E-state index in [1.165, 1.54) is 30.3 Å². The fraction of sp³-hybridized carbons (Fsp3) is 0. The van der Waals surface area contributed by atoms with Crippen LogP contribution in [-0.4, -0.2) is 11.9 Å². The molecule has 2 rings (SSSR count). The molecule has 0 aliphatic rings. The third-order valence-electron chi connectivity index (χ3n) is 2.34. The molecule has 0 amide bonds. The number of hydrogen-bond acceptors (Lipinski definition) is 4. The normalized spacial score (nSPS) is 9.11. The van der Waals surface area contributed by atoms with Crippen molar-refractivity contribution < 1.29 is 123 Å². The van der Waals surface area contributed by atoms with Crippen LogP contribution in [0.2, 0.25) is 0 Å². The summed E-state index contributed by atoms with van der Waals surface area (Å²) in [6.45, 7) is 0. The predicted octanol–water partition coefficient (Wildman–Crippen LogP) is -6.43. The molecule has 18 heavy (non-hydrogen) atoms. The van der Waals surface area contributed by atoms with E-state index in [-0.39, 0.29) is 114 Å². The number of fused-ring (bicyclic) bond motifs is 1. The largest absolute Gasteiger partial charge is 1.00 e. The topological polar surface area (TPSA) is 80.3 Å². The number of carboxylic acids is 2. The van der Waals surface area contributed by atoms with E-state index in [1.807, 2.05) is 0 Å². The van der Waals surface area contributed by atoms with Crippen molar-refractivity contribution in [3.63, 3.8) is 0 Å². The zero-order chi connectivity index (χ0) is 11.7. The number of carboxylic acid groups (broad SMARTS) is 2. The van der Waals surface area contributed by atoms with Gasteiger partial charge < -0.3 is 19.8 Å². The minimum atomic E-state index is -1.29. The van der Waals surface area contributed by atoms with Gasteiger partial charge in [-0.3, -0.25) is 0 Å². The summed E-state index contributed by atoms with van der Waals surface area (Å²) in [5.74, 6) is -2.58. The molecule has 0 aromatic heterocycles. The second-order valence-electron chi connectivity index (χ2n) is 3.32. The summed E-state index contributed by atoms with van der Waals surface area (Å²) in [5, 5.41) is 22.4. The number of benzene rings is 2. The molecule has 6 heteroatoms. The summed E-state index contributed by atoms with van der Waals surface area (Å²) in [7, 11) is 0. The molecule has 0 bridgehead atoms. The zero-order valence-corrected chi connectivity index (χ0v) is 16.3. The van der Waals surface area contributed by atoms with Gasteiger partial charge in [-0.25, -0.2) is 0 Å². The molecule has 0 aliphatic carbocycles. The van der Waals surface area contributed by atoms with E-state index in [0.29, 0.717) is 10.8 Å². The van der Waals surface area contributed by atoms with Gasteiger partial charge in [0.05, 0.1) is 11.9 Å². The molecule has 0 heterocycles. The molecule has 0 atom stereocenters. The molecule has 0 aliphatic heterocycles. The summed E-state index contributed by atoms with van der Waals surface area (Å²) >= 11 is 0. The van der Waals surface area contributed by atoms with Gasteiger partial charge in [-0.2, -0.15) is 0 Å². The van der Waals surface area contributed by atoms with Crippen molar-refractivity contribution in [1.29, 1.82) is 0 Å². The first kappa shape index (κ1) is 18.9. The van der Waals surface area contributed by atoms with E-state index in [4.69, 9.17) is 0 Å². The van der Waals surface area contributed by atoms with Crippen molar-refractivity contribution in [3.8, 4) is 0 Å². The zero-order valence-electron chi connectivity index (χ0n) is 10.1. The van der Waals surface area contributed by atoms with Crippen LogP contribution in [0.1, 0.15) is 20.7 Å². The van der Waals surface area contributed by atoms with Crippen LogP contribution < -0.4 is 113 Å². The smallest absolute Gasteiger partial charge is 0.545 e. The Balaban J connectivity index is 0.00000144. The van der Waals surface area contributed by atoms with Gasteiger partial charge in [0.2, 0.25) is 0 Å². The van der Waals surface area contributed by atoms with Crippen LogP contribution in [0, 0.1) is 0 Å². The van der Waals surface area contributed by atoms with Gasteiger partial charge in [0, 0.05) is 5.56 Å². The molecule has 0 saturated heterocycles. The molecule has 0 N–H and O–H groups in total. The van der Waals surface area contributed by atoms with Crippen molar-refractivity contribution in [1.82, 2.24) is 0 Å². The summed E-state index contributed by atoms with van der Waals surface area (Å²) in [6, 6.07) is 8.70. The van der Waals surface area contributed by atoms with Crippen LogP contribution in [0.3, 0.4) is 0 Å². The number of aromatic carboxylic acids is 2. The van der Waals surface area contributed by atoms with E-state index < -0.39 is 11.9 Å². The standard InChI is InChI=1S/C12H8O4.2K/c13-11(14)8-4-5-9-7(6-8)2-1-3-10(9)12(15)16;;/h1-6H,(H,13,14)(H,15,16);;/q;2*+1/p-2. The van der Waals surface area contributed by atoms with Crippen molar-refractivity contribution in [2.75, 3.05) is 0 Å². The van der Waals surface area contributed by atoms with Crippen molar-refractivity contribution in [3.05, 3.63) is 47.5 Å². The van der Waals surface area contributed by atoms with E-state index in [9.17, 15) is 19.8 Å². The quantitative estimate of drug-likeness (QED) is 0.516. The van der Waals surface area contributed by atoms with Crippen LogP contribution in [-0.2, 0) is 0 Å². The fourth-order valence-electron chi connectivity index (χ4n) is 1.59. The minimum absolute atomic E-state index is 0. The van der Waals surface area contributed by atoms with Gasteiger partial charge in [0.15, 0.2) is 0 Å². The third kappa shape index (κ3) is 4.21. The Morgan fingerprint density at radius 3 is 2.11 bits per heavy atom. The Morgan fingerprint density at radius 1 is 0.889 bits per heavy atom. The van der Waals surface area contributed by atoms with Crippen LogP contribution >= 0.6 is 0 Å². The number of hydrogen-bond donors (Lipinski definition) is 0. The second kappa shape index (κ2) is 8.26. The van der Waals surface area contributed by atoms with Gasteiger partial charge in [-0.1, -0.05) is 30.3 Å². The third-order valence-corrected chi connectivity index (χ3v) is 2.34. The van der Waals surface area contributed by atoms with Gasteiger partial charge in [0.1, 0.15) is 0 Å². The Labute approximate surface area is 189 Å². The summed E-state index contributed by atoms with van der Waals surface area (Å²) in [4.78, 5) is 21.4. The molecule has 0 saturated carbocycles. The number of rotatable bonds is 2. The summed E-state index contributed by atoms with van der Waals surface area (Å²) in [5.41, 5.74) is 0.0606. The van der Waals surface area contributed by atoms with Crippen molar-refractivity contribution in [2.45, 2.75) is 0 Å². The Morgan fingerprint density at radius 2 is 1.56 bits per heavy atom. The van der Waals surface area contributed by atoms with E-state index in [1.54, 1.807) is 6.07 Å². The van der Waals surface area contributed by atoms with Crippen LogP contribution in [0.5, 0.6) is 0 Å².